The monoisotopic (exact) mass is 454 g/mol. The summed E-state index contributed by atoms with van der Waals surface area (Å²) in [6.45, 7) is 0. The van der Waals surface area contributed by atoms with Crippen LogP contribution < -0.4 is 15.0 Å². The SMILES string of the molecule is COc1cccc(N(C(=O)Cc2cccs2)C(C(=O)NC2CCCC2)c2cccs2)c1. The molecule has 0 saturated heterocycles. The molecule has 3 aromatic rings. The van der Waals surface area contributed by atoms with Gasteiger partial charge in [0.25, 0.3) is 0 Å². The van der Waals surface area contributed by atoms with Gasteiger partial charge in [-0.05, 0) is 47.9 Å². The quantitative estimate of drug-likeness (QED) is 0.509. The molecule has 2 amide bonds. The number of carbonyl (C=O) groups excluding carboxylic acids is 2. The van der Waals surface area contributed by atoms with Gasteiger partial charge in [-0.15, -0.1) is 22.7 Å². The van der Waals surface area contributed by atoms with Crippen LogP contribution in [0.3, 0.4) is 0 Å². The Morgan fingerprint density at radius 1 is 1.10 bits per heavy atom. The molecule has 1 N–H and O–H groups in total. The van der Waals surface area contributed by atoms with E-state index >= 15 is 0 Å². The molecular formula is C24H26N2O3S2. The van der Waals surface area contributed by atoms with Gasteiger partial charge in [-0.1, -0.05) is 31.0 Å². The van der Waals surface area contributed by atoms with Crippen molar-refractivity contribution in [2.24, 2.45) is 0 Å². The molecule has 1 saturated carbocycles. The van der Waals surface area contributed by atoms with Gasteiger partial charge < -0.3 is 10.1 Å². The molecule has 1 aromatic carbocycles. The van der Waals surface area contributed by atoms with Crippen molar-refractivity contribution in [1.82, 2.24) is 5.32 Å². The summed E-state index contributed by atoms with van der Waals surface area (Å²) in [5.41, 5.74) is 0.654. The van der Waals surface area contributed by atoms with Crippen LogP contribution in [0.25, 0.3) is 0 Å². The van der Waals surface area contributed by atoms with Crippen LogP contribution in [0.1, 0.15) is 41.5 Å². The lowest BCUT2D eigenvalue weighted by molar-refractivity contribution is -0.126. The number of thiophene rings is 2. The van der Waals surface area contributed by atoms with Gasteiger partial charge in [-0.2, -0.15) is 0 Å². The second-order valence-electron chi connectivity index (χ2n) is 7.63. The van der Waals surface area contributed by atoms with E-state index < -0.39 is 6.04 Å². The maximum atomic E-state index is 13.6. The van der Waals surface area contributed by atoms with Crippen LogP contribution in [0, 0.1) is 0 Å². The van der Waals surface area contributed by atoms with Gasteiger partial charge in [0.2, 0.25) is 11.8 Å². The highest BCUT2D eigenvalue weighted by Gasteiger charge is 2.35. The number of nitrogens with zero attached hydrogens (tertiary/aromatic N) is 1. The van der Waals surface area contributed by atoms with Gasteiger partial charge >= 0.3 is 0 Å². The second kappa shape index (κ2) is 10.1. The average Bonchev–Trinajstić information content (AvgIpc) is 3.55. The molecule has 1 atom stereocenters. The van der Waals surface area contributed by atoms with E-state index in [0.717, 1.165) is 35.4 Å². The highest BCUT2D eigenvalue weighted by Crippen LogP contribution is 2.34. The Balaban J connectivity index is 1.72. The first-order valence-electron chi connectivity index (χ1n) is 10.5. The van der Waals surface area contributed by atoms with E-state index in [9.17, 15) is 9.59 Å². The number of nitrogens with one attached hydrogen (secondary N) is 1. The molecule has 162 valence electrons. The zero-order chi connectivity index (χ0) is 21.6. The van der Waals surface area contributed by atoms with E-state index in [4.69, 9.17) is 4.74 Å². The van der Waals surface area contributed by atoms with Crippen LogP contribution in [0.15, 0.2) is 59.3 Å². The van der Waals surface area contributed by atoms with Gasteiger partial charge in [0.1, 0.15) is 11.8 Å². The summed E-state index contributed by atoms with van der Waals surface area (Å²) in [5.74, 6) is 0.403. The predicted molar refractivity (Wildman–Crippen MR) is 126 cm³/mol. The lowest BCUT2D eigenvalue weighted by Gasteiger charge is -2.31. The fourth-order valence-corrected chi connectivity index (χ4v) is 5.52. The molecule has 1 unspecified atom stereocenters. The number of amides is 2. The van der Waals surface area contributed by atoms with E-state index in [1.54, 1.807) is 23.3 Å². The maximum absolute atomic E-state index is 13.6. The molecule has 1 fully saturated rings. The smallest absolute Gasteiger partial charge is 0.248 e. The van der Waals surface area contributed by atoms with Crippen LogP contribution in [-0.2, 0) is 16.0 Å². The van der Waals surface area contributed by atoms with Crippen molar-refractivity contribution in [3.63, 3.8) is 0 Å². The Bertz CT molecular complexity index is 996. The second-order valence-corrected chi connectivity index (χ2v) is 9.64. The largest absolute Gasteiger partial charge is 0.497 e. The maximum Gasteiger partial charge on any atom is 0.248 e. The van der Waals surface area contributed by atoms with Crippen molar-refractivity contribution in [2.75, 3.05) is 12.0 Å². The molecule has 1 aliphatic carbocycles. The number of benzene rings is 1. The Labute approximate surface area is 190 Å². The number of rotatable bonds is 8. The van der Waals surface area contributed by atoms with E-state index in [2.05, 4.69) is 5.32 Å². The van der Waals surface area contributed by atoms with Gasteiger partial charge in [0, 0.05) is 27.5 Å². The third-order valence-electron chi connectivity index (χ3n) is 5.53. The molecule has 5 nitrogen and oxygen atoms in total. The Kier molecular flexibility index (Phi) is 7.04. The highest BCUT2D eigenvalue weighted by molar-refractivity contribution is 7.10. The summed E-state index contributed by atoms with van der Waals surface area (Å²) in [4.78, 5) is 30.6. The van der Waals surface area contributed by atoms with Crippen LogP contribution in [0.5, 0.6) is 5.75 Å². The zero-order valence-electron chi connectivity index (χ0n) is 17.5. The Hall–Kier alpha value is -2.64. The normalized spacial score (nSPS) is 14.9. The van der Waals surface area contributed by atoms with E-state index in [1.807, 2.05) is 59.3 Å². The van der Waals surface area contributed by atoms with Crippen molar-refractivity contribution in [3.8, 4) is 5.75 Å². The van der Waals surface area contributed by atoms with Crippen molar-refractivity contribution < 1.29 is 14.3 Å². The van der Waals surface area contributed by atoms with Gasteiger partial charge in [-0.25, -0.2) is 0 Å². The Morgan fingerprint density at radius 3 is 2.55 bits per heavy atom. The van der Waals surface area contributed by atoms with E-state index in [-0.39, 0.29) is 24.3 Å². The van der Waals surface area contributed by atoms with Crippen LogP contribution in [-0.4, -0.2) is 25.0 Å². The molecule has 4 rings (SSSR count). The topological polar surface area (TPSA) is 58.6 Å². The predicted octanol–water partition coefficient (Wildman–Crippen LogP) is 5.19. The van der Waals surface area contributed by atoms with Crippen LogP contribution in [0.2, 0.25) is 0 Å². The number of anilines is 1. The molecule has 7 heteroatoms. The minimum absolute atomic E-state index is 0.115. The minimum Gasteiger partial charge on any atom is -0.497 e. The number of hydrogen-bond acceptors (Lipinski definition) is 5. The summed E-state index contributed by atoms with van der Waals surface area (Å²) in [5, 5.41) is 7.11. The number of carbonyl (C=O) groups is 2. The van der Waals surface area contributed by atoms with Gasteiger partial charge in [0.05, 0.1) is 13.5 Å². The molecule has 0 aliphatic heterocycles. The number of hydrogen-bond donors (Lipinski definition) is 1. The fourth-order valence-electron chi connectivity index (χ4n) is 4.02. The molecular weight excluding hydrogens is 428 g/mol. The van der Waals surface area contributed by atoms with Gasteiger partial charge in [0.15, 0.2) is 0 Å². The van der Waals surface area contributed by atoms with Crippen molar-refractivity contribution >= 4 is 40.2 Å². The van der Waals surface area contributed by atoms with Crippen molar-refractivity contribution in [1.29, 1.82) is 0 Å². The van der Waals surface area contributed by atoms with E-state index in [0.29, 0.717) is 11.4 Å². The average molecular weight is 455 g/mol. The minimum atomic E-state index is -0.722. The third kappa shape index (κ3) is 5.17. The lowest BCUT2D eigenvalue weighted by Crippen LogP contribution is -2.46. The summed E-state index contributed by atoms with van der Waals surface area (Å²) in [6, 6.07) is 14.5. The van der Waals surface area contributed by atoms with E-state index in [1.165, 1.54) is 11.3 Å². The summed E-state index contributed by atoms with van der Waals surface area (Å²) >= 11 is 3.04. The summed E-state index contributed by atoms with van der Waals surface area (Å²) in [6.07, 6.45) is 4.49. The molecule has 0 spiro atoms. The molecule has 31 heavy (non-hydrogen) atoms. The Morgan fingerprint density at radius 2 is 1.87 bits per heavy atom. The zero-order valence-corrected chi connectivity index (χ0v) is 19.1. The molecule has 2 aromatic heterocycles. The highest BCUT2D eigenvalue weighted by atomic mass is 32.1. The number of methoxy groups -OCH3 is 1. The first-order valence-corrected chi connectivity index (χ1v) is 12.2. The fraction of sp³-hybridized carbons (Fsp3) is 0.333. The van der Waals surface area contributed by atoms with Crippen LogP contribution in [0.4, 0.5) is 5.69 Å². The first kappa shape index (κ1) is 21.6. The van der Waals surface area contributed by atoms with Gasteiger partial charge in [-0.3, -0.25) is 14.5 Å². The summed E-state index contributed by atoms with van der Waals surface area (Å²) < 4.78 is 5.40. The molecule has 0 bridgehead atoms. The lowest BCUT2D eigenvalue weighted by atomic mass is 10.1. The molecule has 1 aliphatic rings. The van der Waals surface area contributed by atoms with Crippen molar-refractivity contribution in [2.45, 2.75) is 44.2 Å². The van der Waals surface area contributed by atoms with Crippen LogP contribution >= 0.6 is 22.7 Å². The standard InChI is InChI=1S/C24H26N2O3S2/c1-29-19-10-4-9-18(15-19)26(22(27)16-20-11-5-13-30-20)23(21-12-6-14-31-21)24(28)25-17-7-2-3-8-17/h4-6,9-15,17,23H,2-3,7-8,16H2,1H3,(H,25,28). The third-order valence-corrected chi connectivity index (χ3v) is 7.33. The first-order chi connectivity index (χ1) is 15.2. The molecule has 0 radical (unpaired) electrons. The summed E-state index contributed by atoms with van der Waals surface area (Å²) in [7, 11) is 1.60. The number of ether oxygens (including phenoxy) is 1. The molecule has 2 heterocycles. The van der Waals surface area contributed by atoms with Crippen molar-refractivity contribution in [3.05, 3.63) is 69.0 Å².